The molecule has 0 aromatic carbocycles. The van der Waals surface area contributed by atoms with Crippen LogP contribution >= 0.6 is 11.3 Å². The number of anilines is 1. The summed E-state index contributed by atoms with van der Waals surface area (Å²) in [6.45, 7) is 6.10. The van der Waals surface area contributed by atoms with Gasteiger partial charge in [-0.2, -0.15) is 4.52 Å². The van der Waals surface area contributed by atoms with E-state index in [9.17, 15) is 4.79 Å². The number of hydrogen-bond donors (Lipinski definition) is 0. The van der Waals surface area contributed by atoms with Gasteiger partial charge < -0.3 is 4.90 Å². The summed E-state index contributed by atoms with van der Waals surface area (Å²) in [5.41, 5.74) is 0.761. The molecule has 0 radical (unpaired) electrons. The number of fused-ring (bicyclic) bond motifs is 1. The molecule has 1 saturated carbocycles. The first-order valence-electron chi connectivity index (χ1n) is 6.86. The Hall–Kier alpha value is -1.43. The van der Waals surface area contributed by atoms with Crippen LogP contribution in [-0.4, -0.2) is 27.7 Å². The Kier molecular flexibility index (Phi) is 3.26. The van der Waals surface area contributed by atoms with E-state index in [0.29, 0.717) is 4.96 Å². The van der Waals surface area contributed by atoms with Crippen molar-refractivity contribution in [3.8, 4) is 0 Å². The molecule has 0 bridgehead atoms. The number of nitrogens with zero attached hydrogens (tertiary/aromatic N) is 4. The van der Waals surface area contributed by atoms with Gasteiger partial charge in [-0.15, -0.1) is 5.10 Å². The van der Waals surface area contributed by atoms with E-state index in [0.717, 1.165) is 36.3 Å². The summed E-state index contributed by atoms with van der Waals surface area (Å²) in [5, 5.41) is 5.34. The summed E-state index contributed by atoms with van der Waals surface area (Å²) >= 11 is 1.51. The van der Waals surface area contributed by atoms with Gasteiger partial charge in [-0.1, -0.05) is 18.3 Å². The van der Waals surface area contributed by atoms with Crippen LogP contribution in [0.25, 0.3) is 4.96 Å². The van der Waals surface area contributed by atoms with E-state index in [-0.39, 0.29) is 5.56 Å². The number of aryl methyl sites for hydroxylation is 1. The van der Waals surface area contributed by atoms with Crippen molar-refractivity contribution in [3.63, 3.8) is 0 Å². The molecule has 0 N–H and O–H groups in total. The summed E-state index contributed by atoms with van der Waals surface area (Å²) < 4.78 is 1.43. The van der Waals surface area contributed by atoms with Gasteiger partial charge in [0.1, 0.15) is 0 Å². The molecule has 0 saturated heterocycles. The van der Waals surface area contributed by atoms with Gasteiger partial charge in [0.05, 0.1) is 0 Å². The second-order valence-corrected chi connectivity index (χ2v) is 5.93. The molecular weight excluding hydrogens is 260 g/mol. The minimum Gasteiger partial charge on any atom is -0.347 e. The second-order valence-electron chi connectivity index (χ2n) is 5.00. The lowest BCUT2D eigenvalue weighted by atomic mass is 10.3. The molecule has 2 aromatic heterocycles. The van der Waals surface area contributed by atoms with E-state index in [1.165, 1.54) is 28.7 Å². The molecule has 1 fully saturated rings. The first-order valence-corrected chi connectivity index (χ1v) is 7.67. The maximum atomic E-state index is 12.0. The smallest absolute Gasteiger partial charge is 0.275 e. The molecule has 2 heterocycles. The highest BCUT2D eigenvalue weighted by molar-refractivity contribution is 7.20. The monoisotopic (exact) mass is 278 g/mol. The highest BCUT2D eigenvalue weighted by Crippen LogP contribution is 2.32. The fraction of sp³-hybridized carbons (Fsp3) is 0.615. The molecule has 0 aliphatic heterocycles. The molecule has 0 atom stereocenters. The van der Waals surface area contributed by atoms with Crippen LogP contribution in [0.3, 0.4) is 0 Å². The zero-order chi connectivity index (χ0) is 13.4. The van der Waals surface area contributed by atoms with E-state index >= 15 is 0 Å². The molecule has 0 amide bonds. The molecule has 0 spiro atoms. The fourth-order valence-corrected chi connectivity index (χ4v) is 3.11. The van der Waals surface area contributed by atoms with E-state index < -0.39 is 0 Å². The van der Waals surface area contributed by atoms with Crippen LogP contribution in [0, 0.1) is 5.92 Å². The number of hydrogen-bond acceptors (Lipinski definition) is 5. The normalized spacial score (nSPS) is 15.1. The topological polar surface area (TPSA) is 50.5 Å². The third-order valence-electron chi connectivity index (χ3n) is 3.48. The summed E-state index contributed by atoms with van der Waals surface area (Å²) in [6, 6.07) is 1.58. The molecule has 2 aromatic rings. The lowest BCUT2D eigenvalue weighted by Gasteiger charge is -2.18. The van der Waals surface area contributed by atoms with Gasteiger partial charge in [-0.25, -0.2) is 4.98 Å². The third kappa shape index (κ3) is 2.49. The Morgan fingerprint density at radius 3 is 2.89 bits per heavy atom. The molecule has 19 heavy (non-hydrogen) atoms. The first-order chi connectivity index (χ1) is 9.21. The van der Waals surface area contributed by atoms with Gasteiger partial charge in [0, 0.05) is 24.8 Å². The van der Waals surface area contributed by atoms with Crippen LogP contribution < -0.4 is 10.5 Å². The molecule has 5 nitrogen and oxygen atoms in total. The van der Waals surface area contributed by atoms with Crippen LogP contribution in [0.5, 0.6) is 0 Å². The predicted octanol–water partition coefficient (Wildman–Crippen LogP) is 1.95. The molecule has 3 rings (SSSR count). The third-order valence-corrected chi connectivity index (χ3v) is 4.45. The average Bonchev–Trinajstić information content (AvgIpc) is 3.13. The second kappa shape index (κ2) is 4.92. The predicted molar refractivity (Wildman–Crippen MR) is 77.1 cm³/mol. The van der Waals surface area contributed by atoms with E-state index in [1.54, 1.807) is 6.07 Å². The minimum atomic E-state index is -0.0770. The Balaban J connectivity index is 1.99. The zero-order valence-electron chi connectivity index (χ0n) is 11.3. The van der Waals surface area contributed by atoms with Crippen molar-refractivity contribution in [2.75, 3.05) is 18.0 Å². The molecule has 6 heteroatoms. The van der Waals surface area contributed by atoms with Crippen LogP contribution in [0.4, 0.5) is 5.13 Å². The molecule has 1 aliphatic rings. The van der Waals surface area contributed by atoms with Gasteiger partial charge >= 0.3 is 0 Å². The van der Waals surface area contributed by atoms with Crippen LogP contribution in [0.1, 0.15) is 32.4 Å². The van der Waals surface area contributed by atoms with Crippen LogP contribution in [-0.2, 0) is 6.42 Å². The number of rotatable bonds is 5. The van der Waals surface area contributed by atoms with Crippen molar-refractivity contribution in [2.24, 2.45) is 5.92 Å². The zero-order valence-corrected chi connectivity index (χ0v) is 12.1. The fourth-order valence-electron chi connectivity index (χ4n) is 2.11. The summed E-state index contributed by atoms with van der Waals surface area (Å²) in [6.07, 6.45) is 3.41. The van der Waals surface area contributed by atoms with E-state index in [1.807, 2.05) is 6.92 Å². The van der Waals surface area contributed by atoms with Crippen molar-refractivity contribution in [1.29, 1.82) is 0 Å². The van der Waals surface area contributed by atoms with Crippen molar-refractivity contribution in [3.05, 3.63) is 22.1 Å². The van der Waals surface area contributed by atoms with Crippen molar-refractivity contribution < 1.29 is 0 Å². The first kappa shape index (κ1) is 12.6. The minimum absolute atomic E-state index is 0.0770. The van der Waals surface area contributed by atoms with Gasteiger partial charge in [0.25, 0.3) is 5.56 Å². The van der Waals surface area contributed by atoms with E-state index in [4.69, 9.17) is 0 Å². The molecular formula is C13H18N4OS. The highest BCUT2D eigenvalue weighted by atomic mass is 32.1. The standard InChI is InChI=1S/C13H18N4OS/c1-3-10-7-11(18)17-12(14-10)19-13(15-17)16(4-2)8-9-5-6-9/h7,9H,3-6,8H2,1-2H3. The Morgan fingerprint density at radius 2 is 2.26 bits per heavy atom. The Labute approximate surface area is 115 Å². The van der Waals surface area contributed by atoms with Crippen molar-refractivity contribution >= 4 is 21.4 Å². The highest BCUT2D eigenvalue weighted by Gasteiger charge is 2.25. The molecule has 1 aliphatic carbocycles. The van der Waals surface area contributed by atoms with Gasteiger partial charge in [0.2, 0.25) is 10.1 Å². The SMILES string of the molecule is CCc1cc(=O)n2nc(N(CC)CC3CC3)sc2n1. The summed E-state index contributed by atoms with van der Waals surface area (Å²) in [4.78, 5) is 19.4. The lowest BCUT2D eigenvalue weighted by Crippen LogP contribution is -2.25. The summed E-state index contributed by atoms with van der Waals surface area (Å²) in [5.74, 6) is 0.808. The van der Waals surface area contributed by atoms with Crippen molar-refractivity contribution in [1.82, 2.24) is 14.6 Å². The van der Waals surface area contributed by atoms with Crippen molar-refractivity contribution in [2.45, 2.75) is 33.1 Å². The van der Waals surface area contributed by atoms with Gasteiger partial charge in [-0.3, -0.25) is 4.79 Å². The maximum absolute atomic E-state index is 12.0. The number of aromatic nitrogens is 3. The van der Waals surface area contributed by atoms with Gasteiger partial charge in [-0.05, 0) is 32.1 Å². The Bertz CT molecular complexity index is 644. The average molecular weight is 278 g/mol. The van der Waals surface area contributed by atoms with Crippen LogP contribution in [0.15, 0.2) is 10.9 Å². The van der Waals surface area contributed by atoms with Gasteiger partial charge in [0.15, 0.2) is 0 Å². The molecule has 0 unspecified atom stereocenters. The Morgan fingerprint density at radius 1 is 1.47 bits per heavy atom. The molecule has 102 valence electrons. The largest absolute Gasteiger partial charge is 0.347 e. The lowest BCUT2D eigenvalue weighted by molar-refractivity contribution is 0.727. The maximum Gasteiger partial charge on any atom is 0.275 e. The summed E-state index contributed by atoms with van der Waals surface area (Å²) in [7, 11) is 0. The quantitative estimate of drug-likeness (QED) is 0.839. The van der Waals surface area contributed by atoms with E-state index in [2.05, 4.69) is 21.9 Å². The van der Waals surface area contributed by atoms with Crippen LogP contribution in [0.2, 0.25) is 0 Å².